The smallest absolute Gasteiger partial charge is 0.325 e. The monoisotopic (exact) mass is 352 g/mol. The van der Waals surface area contributed by atoms with E-state index in [4.69, 9.17) is 9.47 Å². The van der Waals surface area contributed by atoms with E-state index in [2.05, 4.69) is 5.32 Å². The molecule has 0 aromatic heterocycles. The van der Waals surface area contributed by atoms with Crippen molar-refractivity contribution < 1.29 is 19.1 Å². The van der Waals surface area contributed by atoms with Gasteiger partial charge in [0.1, 0.15) is 5.54 Å². The number of urea groups is 1. The lowest BCUT2D eigenvalue weighted by atomic mass is 9.92. The average molecular weight is 352 g/mol. The molecule has 0 bridgehead atoms. The molecule has 2 aromatic rings. The molecule has 0 saturated carbocycles. The van der Waals surface area contributed by atoms with Crippen LogP contribution in [-0.2, 0) is 17.8 Å². The zero-order valence-corrected chi connectivity index (χ0v) is 14.7. The lowest BCUT2D eigenvalue weighted by Gasteiger charge is -2.22. The van der Waals surface area contributed by atoms with Crippen molar-refractivity contribution in [1.82, 2.24) is 10.2 Å². The zero-order chi connectivity index (χ0) is 18.3. The van der Waals surface area contributed by atoms with E-state index in [9.17, 15) is 9.59 Å². The number of nitrogens with zero attached hydrogens (tertiary/aromatic N) is 1. The summed E-state index contributed by atoms with van der Waals surface area (Å²) in [6.45, 7) is 4.21. The third-order valence-electron chi connectivity index (χ3n) is 4.76. The van der Waals surface area contributed by atoms with Gasteiger partial charge in [0, 0.05) is 6.42 Å². The molecule has 2 heterocycles. The Bertz CT molecular complexity index is 895. The quantitative estimate of drug-likeness (QED) is 0.859. The van der Waals surface area contributed by atoms with Gasteiger partial charge in [0.2, 0.25) is 6.79 Å². The van der Waals surface area contributed by atoms with Crippen molar-refractivity contribution in [1.29, 1.82) is 0 Å². The third kappa shape index (κ3) is 2.87. The Balaban J connectivity index is 1.53. The predicted octanol–water partition coefficient (Wildman–Crippen LogP) is 2.78. The highest BCUT2D eigenvalue weighted by Gasteiger charge is 2.47. The Morgan fingerprint density at radius 3 is 2.69 bits per heavy atom. The SMILES string of the molecule is Cc1cccc(CN2C(=O)NC(C)(Cc3ccc4c(c3)OCO4)C2=O)c1. The maximum absolute atomic E-state index is 13.0. The molecule has 6 heteroatoms. The van der Waals surface area contributed by atoms with E-state index >= 15 is 0 Å². The molecule has 1 N–H and O–H groups in total. The molecule has 0 spiro atoms. The first-order valence-electron chi connectivity index (χ1n) is 8.53. The van der Waals surface area contributed by atoms with Gasteiger partial charge in [-0.25, -0.2) is 4.79 Å². The van der Waals surface area contributed by atoms with Crippen molar-refractivity contribution >= 4 is 11.9 Å². The van der Waals surface area contributed by atoms with Crippen molar-refractivity contribution in [2.24, 2.45) is 0 Å². The van der Waals surface area contributed by atoms with Gasteiger partial charge < -0.3 is 14.8 Å². The second-order valence-corrected chi connectivity index (χ2v) is 7.01. The number of fused-ring (bicyclic) bond motifs is 1. The van der Waals surface area contributed by atoms with Crippen LogP contribution in [0.3, 0.4) is 0 Å². The number of hydrogen-bond acceptors (Lipinski definition) is 4. The molecule has 0 radical (unpaired) electrons. The van der Waals surface area contributed by atoms with Crippen molar-refractivity contribution in [3.8, 4) is 11.5 Å². The number of carbonyl (C=O) groups excluding carboxylic acids is 2. The number of rotatable bonds is 4. The molecule has 2 aliphatic rings. The lowest BCUT2D eigenvalue weighted by molar-refractivity contribution is -0.131. The van der Waals surface area contributed by atoms with Crippen LogP contribution in [0, 0.1) is 6.92 Å². The highest BCUT2D eigenvalue weighted by Crippen LogP contribution is 2.34. The van der Waals surface area contributed by atoms with Gasteiger partial charge in [0.05, 0.1) is 6.54 Å². The highest BCUT2D eigenvalue weighted by molar-refractivity contribution is 6.06. The minimum atomic E-state index is -0.978. The van der Waals surface area contributed by atoms with Crippen LogP contribution in [0.25, 0.3) is 0 Å². The number of imide groups is 1. The van der Waals surface area contributed by atoms with Gasteiger partial charge in [-0.3, -0.25) is 9.69 Å². The standard InChI is InChI=1S/C20H20N2O4/c1-13-4-3-5-15(8-13)11-22-18(23)20(2,21-19(22)24)10-14-6-7-16-17(9-14)26-12-25-16/h3-9H,10-12H2,1-2H3,(H,21,24). The lowest BCUT2D eigenvalue weighted by Crippen LogP contribution is -2.45. The Kier molecular flexibility index (Phi) is 3.83. The van der Waals surface area contributed by atoms with Gasteiger partial charge in [-0.15, -0.1) is 0 Å². The second kappa shape index (κ2) is 6.05. The Labute approximate surface area is 151 Å². The second-order valence-electron chi connectivity index (χ2n) is 7.01. The first-order chi connectivity index (χ1) is 12.4. The van der Waals surface area contributed by atoms with E-state index in [1.165, 1.54) is 4.90 Å². The molecule has 1 unspecified atom stereocenters. The number of amides is 3. The van der Waals surface area contributed by atoms with E-state index in [0.29, 0.717) is 17.9 Å². The van der Waals surface area contributed by atoms with Gasteiger partial charge in [0.15, 0.2) is 11.5 Å². The largest absolute Gasteiger partial charge is 0.454 e. The molecular formula is C20H20N2O4. The van der Waals surface area contributed by atoms with Crippen LogP contribution >= 0.6 is 0 Å². The number of hydrogen-bond donors (Lipinski definition) is 1. The minimum absolute atomic E-state index is 0.204. The van der Waals surface area contributed by atoms with Crippen molar-refractivity contribution in [3.05, 3.63) is 59.2 Å². The van der Waals surface area contributed by atoms with Crippen molar-refractivity contribution in [2.45, 2.75) is 32.4 Å². The van der Waals surface area contributed by atoms with Crippen molar-refractivity contribution in [3.63, 3.8) is 0 Å². The Hall–Kier alpha value is -3.02. The topological polar surface area (TPSA) is 67.9 Å². The summed E-state index contributed by atoms with van der Waals surface area (Å²) < 4.78 is 10.7. The predicted molar refractivity (Wildman–Crippen MR) is 94.9 cm³/mol. The molecule has 26 heavy (non-hydrogen) atoms. The maximum Gasteiger partial charge on any atom is 0.325 e. The fourth-order valence-corrected chi connectivity index (χ4v) is 3.46. The van der Waals surface area contributed by atoms with Gasteiger partial charge in [-0.05, 0) is 37.1 Å². The molecular weight excluding hydrogens is 332 g/mol. The minimum Gasteiger partial charge on any atom is -0.454 e. The van der Waals surface area contributed by atoms with Crippen LogP contribution in [0.2, 0.25) is 0 Å². The molecule has 1 saturated heterocycles. The van der Waals surface area contributed by atoms with Gasteiger partial charge in [0.25, 0.3) is 5.91 Å². The van der Waals surface area contributed by atoms with Crippen LogP contribution in [0.1, 0.15) is 23.6 Å². The van der Waals surface area contributed by atoms with Gasteiger partial charge >= 0.3 is 6.03 Å². The first-order valence-corrected chi connectivity index (χ1v) is 8.53. The summed E-state index contributed by atoms with van der Waals surface area (Å²) >= 11 is 0. The average Bonchev–Trinajstić information content (AvgIpc) is 3.13. The van der Waals surface area contributed by atoms with E-state index < -0.39 is 5.54 Å². The van der Waals surface area contributed by atoms with Gasteiger partial charge in [-0.1, -0.05) is 35.9 Å². The third-order valence-corrected chi connectivity index (χ3v) is 4.76. The molecule has 134 valence electrons. The van der Waals surface area contributed by atoms with Crippen LogP contribution in [0.4, 0.5) is 4.79 Å². The summed E-state index contributed by atoms with van der Waals surface area (Å²) in [6, 6.07) is 13.0. The summed E-state index contributed by atoms with van der Waals surface area (Å²) in [6.07, 6.45) is 0.387. The van der Waals surface area contributed by atoms with Crippen LogP contribution < -0.4 is 14.8 Å². The summed E-state index contributed by atoms with van der Waals surface area (Å²) in [5.41, 5.74) is 1.95. The molecule has 0 aliphatic carbocycles. The molecule has 1 fully saturated rings. The Morgan fingerprint density at radius 1 is 1.08 bits per heavy atom. The van der Waals surface area contributed by atoms with Gasteiger partial charge in [-0.2, -0.15) is 0 Å². The number of aryl methyl sites for hydroxylation is 1. The fourth-order valence-electron chi connectivity index (χ4n) is 3.46. The molecule has 2 aliphatic heterocycles. The summed E-state index contributed by atoms with van der Waals surface area (Å²) in [4.78, 5) is 26.6. The number of benzene rings is 2. The normalized spacial score (nSPS) is 21.2. The van der Waals surface area contributed by atoms with Crippen LogP contribution in [-0.4, -0.2) is 29.2 Å². The molecule has 4 rings (SSSR count). The number of ether oxygens (including phenoxy) is 2. The zero-order valence-electron chi connectivity index (χ0n) is 14.7. The van der Waals surface area contributed by atoms with E-state index in [0.717, 1.165) is 16.7 Å². The van der Waals surface area contributed by atoms with E-state index in [1.54, 1.807) is 6.92 Å². The molecule has 6 nitrogen and oxygen atoms in total. The van der Waals surface area contributed by atoms with Crippen molar-refractivity contribution in [2.75, 3.05) is 6.79 Å². The summed E-state index contributed by atoms with van der Waals surface area (Å²) in [5.74, 6) is 1.14. The van der Waals surface area contributed by atoms with Crippen LogP contribution in [0.15, 0.2) is 42.5 Å². The molecule has 2 aromatic carbocycles. The fraction of sp³-hybridized carbons (Fsp3) is 0.300. The maximum atomic E-state index is 13.0. The summed E-state index contributed by atoms with van der Waals surface area (Å²) in [7, 11) is 0. The Morgan fingerprint density at radius 2 is 1.88 bits per heavy atom. The molecule has 1 atom stereocenters. The number of carbonyl (C=O) groups is 2. The van der Waals surface area contributed by atoms with E-state index in [-0.39, 0.29) is 25.3 Å². The van der Waals surface area contributed by atoms with Crippen LogP contribution in [0.5, 0.6) is 11.5 Å². The van der Waals surface area contributed by atoms with E-state index in [1.807, 2.05) is 49.4 Å². The summed E-state index contributed by atoms with van der Waals surface area (Å²) in [5, 5.41) is 2.85. The molecule has 3 amide bonds. The highest BCUT2D eigenvalue weighted by atomic mass is 16.7. The number of nitrogens with one attached hydrogen (secondary N) is 1. The first kappa shape index (κ1) is 16.4.